The third-order valence-electron chi connectivity index (χ3n) is 1.67. The van der Waals surface area contributed by atoms with Crippen molar-refractivity contribution in [3.05, 3.63) is 11.7 Å². The average Bonchev–Trinajstić information content (AvgIpc) is 2.14. The molecule has 2 atom stereocenters. The van der Waals surface area contributed by atoms with Crippen molar-refractivity contribution in [2.75, 3.05) is 0 Å². The van der Waals surface area contributed by atoms with Crippen LogP contribution in [-0.4, -0.2) is 22.4 Å². The van der Waals surface area contributed by atoms with Crippen LogP contribution in [0.4, 0.5) is 8.78 Å². The van der Waals surface area contributed by atoms with E-state index < -0.39 is 18.3 Å². The van der Waals surface area contributed by atoms with Gasteiger partial charge in [0.25, 0.3) is 6.08 Å². The van der Waals surface area contributed by atoms with Gasteiger partial charge in [-0.25, -0.2) is 0 Å². The summed E-state index contributed by atoms with van der Waals surface area (Å²) in [5.41, 5.74) is -0.312. The lowest BCUT2D eigenvalue weighted by molar-refractivity contribution is 0.0580. The maximum absolute atomic E-state index is 11.8. The Kier molecular flexibility index (Phi) is 2.01. The molecule has 0 amide bonds. The molecule has 58 valence electrons. The SMILES string of the molecule is OC1CCC(=C(F)F)C1O. The van der Waals surface area contributed by atoms with Crippen LogP contribution in [0, 0.1) is 0 Å². The zero-order chi connectivity index (χ0) is 7.72. The molecule has 1 saturated carbocycles. The molecule has 0 spiro atoms. The average molecular weight is 150 g/mol. The number of aliphatic hydroxyl groups excluding tert-OH is 2. The molecule has 2 unspecified atom stereocenters. The van der Waals surface area contributed by atoms with Gasteiger partial charge in [0.05, 0.1) is 6.10 Å². The van der Waals surface area contributed by atoms with Crippen LogP contribution in [0.15, 0.2) is 11.7 Å². The van der Waals surface area contributed by atoms with Crippen molar-refractivity contribution in [1.29, 1.82) is 0 Å². The highest BCUT2D eigenvalue weighted by Gasteiger charge is 2.31. The molecule has 0 bridgehead atoms. The van der Waals surface area contributed by atoms with Crippen molar-refractivity contribution in [3.8, 4) is 0 Å². The third kappa shape index (κ3) is 1.17. The molecule has 0 heterocycles. The highest BCUT2D eigenvalue weighted by molar-refractivity contribution is 5.15. The van der Waals surface area contributed by atoms with Crippen LogP contribution >= 0.6 is 0 Å². The normalized spacial score (nSPS) is 33.0. The van der Waals surface area contributed by atoms with E-state index in [9.17, 15) is 8.78 Å². The molecule has 1 rings (SSSR count). The zero-order valence-corrected chi connectivity index (χ0v) is 5.22. The van der Waals surface area contributed by atoms with Crippen LogP contribution in [0.2, 0.25) is 0 Å². The predicted octanol–water partition coefficient (Wildman–Crippen LogP) is 0.653. The fraction of sp³-hybridized carbons (Fsp3) is 0.667. The number of rotatable bonds is 0. The highest BCUT2D eigenvalue weighted by Crippen LogP contribution is 2.28. The van der Waals surface area contributed by atoms with Crippen LogP contribution in [-0.2, 0) is 0 Å². The fourth-order valence-electron chi connectivity index (χ4n) is 1.05. The molecule has 1 aliphatic rings. The number of hydrogen-bond donors (Lipinski definition) is 2. The summed E-state index contributed by atoms with van der Waals surface area (Å²) in [5.74, 6) is 0. The monoisotopic (exact) mass is 150 g/mol. The van der Waals surface area contributed by atoms with E-state index in [2.05, 4.69) is 0 Å². The van der Waals surface area contributed by atoms with E-state index >= 15 is 0 Å². The minimum atomic E-state index is -1.86. The Morgan fingerprint density at radius 2 is 2.00 bits per heavy atom. The Hall–Kier alpha value is -0.480. The lowest BCUT2D eigenvalue weighted by atomic mass is 10.2. The topological polar surface area (TPSA) is 40.5 Å². The van der Waals surface area contributed by atoms with E-state index in [1.54, 1.807) is 0 Å². The van der Waals surface area contributed by atoms with E-state index in [0.717, 1.165) is 0 Å². The van der Waals surface area contributed by atoms with Gasteiger partial charge in [0.15, 0.2) is 0 Å². The van der Waals surface area contributed by atoms with Gasteiger partial charge >= 0.3 is 0 Å². The van der Waals surface area contributed by atoms with Crippen molar-refractivity contribution in [2.45, 2.75) is 25.0 Å². The number of hydrogen-bond acceptors (Lipinski definition) is 2. The zero-order valence-electron chi connectivity index (χ0n) is 5.22. The molecule has 4 heteroatoms. The van der Waals surface area contributed by atoms with Gasteiger partial charge < -0.3 is 10.2 Å². The number of halogens is 2. The number of aliphatic hydroxyl groups is 2. The van der Waals surface area contributed by atoms with Crippen LogP contribution in [0.25, 0.3) is 0 Å². The van der Waals surface area contributed by atoms with E-state index in [-0.39, 0.29) is 18.4 Å². The van der Waals surface area contributed by atoms with Gasteiger partial charge in [0.2, 0.25) is 0 Å². The van der Waals surface area contributed by atoms with Crippen molar-refractivity contribution < 1.29 is 19.0 Å². The lowest BCUT2D eigenvalue weighted by Crippen LogP contribution is -2.19. The summed E-state index contributed by atoms with van der Waals surface area (Å²) in [6.45, 7) is 0. The molecule has 0 aliphatic heterocycles. The summed E-state index contributed by atoms with van der Waals surface area (Å²) < 4.78 is 23.5. The minimum Gasteiger partial charge on any atom is -0.390 e. The van der Waals surface area contributed by atoms with Crippen molar-refractivity contribution in [2.24, 2.45) is 0 Å². The molecule has 2 nitrogen and oxygen atoms in total. The summed E-state index contributed by atoms with van der Waals surface area (Å²) >= 11 is 0. The molecule has 2 N–H and O–H groups in total. The Morgan fingerprint density at radius 1 is 1.40 bits per heavy atom. The molecule has 0 radical (unpaired) electrons. The fourth-order valence-corrected chi connectivity index (χ4v) is 1.05. The standard InChI is InChI=1S/C6H8F2O2/c7-6(8)3-1-2-4(9)5(3)10/h4-5,9-10H,1-2H2. The smallest absolute Gasteiger partial charge is 0.272 e. The first-order chi connectivity index (χ1) is 4.63. The van der Waals surface area contributed by atoms with Crippen molar-refractivity contribution >= 4 is 0 Å². The maximum Gasteiger partial charge on any atom is 0.272 e. The largest absolute Gasteiger partial charge is 0.390 e. The van der Waals surface area contributed by atoms with Crippen LogP contribution in [0.5, 0.6) is 0 Å². The van der Waals surface area contributed by atoms with Crippen molar-refractivity contribution in [3.63, 3.8) is 0 Å². The van der Waals surface area contributed by atoms with Crippen molar-refractivity contribution in [1.82, 2.24) is 0 Å². The summed E-state index contributed by atoms with van der Waals surface area (Å²) in [5, 5.41) is 17.6. The molecule has 0 aromatic carbocycles. The van der Waals surface area contributed by atoms with Gasteiger partial charge in [0.1, 0.15) is 6.10 Å². The Labute approximate surface area is 56.8 Å². The first-order valence-electron chi connectivity index (χ1n) is 3.03. The van der Waals surface area contributed by atoms with Gasteiger partial charge in [-0.3, -0.25) is 0 Å². The van der Waals surface area contributed by atoms with Crippen LogP contribution in [0.1, 0.15) is 12.8 Å². The second-order valence-corrected chi connectivity index (χ2v) is 2.34. The van der Waals surface area contributed by atoms with Gasteiger partial charge in [-0.1, -0.05) is 0 Å². The highest BCUT2D eigenvalue weighted by atomic mass is 19.3. The maximum atomic E-state index is 11.8. The molecule has 0 saturated heterocycles. The van der Waals surface area contributed by atoms with Gasteiger partial charge in [0, 0.05) is 5.57 Å². The van der Waals surface area contributed by atoms with Crippen LogP contribution in [0.3, 0.4) is 0 Å². The molecule has 10 heavy (non-hydrogen) atoms. The quantitative estimate of drug-likeness (QED) is 0.532. The molecular weight excluding hydrogens is 142 g/mol. The summed E-state index contributed by atoms with van der Waals surface area (Å²) in [4.78, 5) is 0. The van der Waals surface area contributed by atoms with Gasteiger partial charge in [-0.05, 0) is 12.8 Å². The Bertz CT molecular complexity index is 163. The van der Waals surface area contributed by atoms with E-state index in [4.69, 9.17) is 10.2 Å². The molecule has 0 aromatic heterocycles. The molecule has 1 aliphatic carbocycles. The minimum absolute atomic E-state index is 0.102. The second kappa shape index (κ2) is 2.64. The van der Waals surface area contributed by atoms with E-state index in [0.29, 0.717) is 0 Å². The van der Waals surface area contributed by atoms with Gasteiger partial charge in [-0.15, -0.1) is 0 Å². The first kappa shape index (κ1) is 7.63. The van der Waals surface area contributed by atoms with Crippen LogP contribution < -0.4 is 0 Å². The molecule has 1 fully saturated rings. The third-order valence-corrected chi connectivity index (χ3v) is 1.67. The van der Waals surface area contributed by atoms with Gasteiger partial charge in [-0.2, -0.15) is 8.78 Å². The summed E-state index contributed by atoms with van der Waals surface area (Å²) in [6, 6.07) is 0. The molecule has 0 aromatic rings. The van der Waals surface area contributed by atoms with E-state index in [1.165, 1.54) is 0 Å². The Balaban J connectivity index is 2.76. The van der Waals surface area contributed by atoms with E-state index in [1.807, 2.05) is 0 Å². The molecular formula is C6H8F2O2. The summed E-state index contributed by atoms with van der Waals surface area (Å²) in [7, 11) is 0. The first-order valence-corrected chi connectivity index (χ1v) is 3.03. The summed E-state index contributed by atoms with van der Waals surface area (Å²) in [6.07, 6.45) is -3.87. The lowest BCUT2D eigenvalue weighted by Gasteiger charge is -2.06. The second-order valence-electron chi connectivity index (χ2n) is 2.34. The predicted molar refractivity (Wildman–Crippen MR) is 30.5 cm³/mol. The Morgan fingerprint density at radius 3 is 2.20 bits per heavy atom.